The molecule has 0 bridgehead atoms. The maximum Gasteiger partial charge on any atom is 0.287 e. The first-order valence-corrected chi connectivity index (χ1v) is 6.00. The molecule has 1 fully saturated rings. The quantitative estimate of drug-likeness (QED) is 0.899. The Labute approximate surface area is 97.4 Å². The summed E-state index contributed by atoms with van der Waals surface area (Å²) in [7, 11) is 0. The van der Waals surface area contributed by atoms with Crippen molar-refractivity contribution in [2.75, 3.05) is 0 Å². The van der Waals surface area contributed by atoms with Crippen molar-refractivity contribution in [2.24, 2.45) is 5.92 Å². The number of furan rings is 1. The van der Waals surface area contributed by atoms with Gasteiger partial charge in [0.2, 0.25) is 0 Å². The second-order valence-electron chi connectivity index (χ2n) is 4.19. The van der Waals surface area contributed by atoms with Gasteiger partial charge in [-0.05, 0) is 53.2 Å². The molecule has 0 spiro atoms. The van der Waals surface area contributed by atoms with Crippen molar-refractivity contribution >= 4 is 21.8 Å². The summed E-state index contributed by atoms with van der Waals surface area (Å²) in [5, 5.41) is 2.99. The van der Waals surface area contributed by atoms with E-state index in [1.54, 1.807) is 12.1 Å². The van der Waals surface area contributed by atoms with Crippen molar-refractivity contribution in [3.8, 4) is 0 Å². The normalized spacial score (nSPS) is 25.5. The van der Waals surface area contributed by atoms with Gasteiger partial charge in [-0.25, -0.2) is 0 Å². The van der Waals surface area contributed by atoms with E-state index in [4.69, 9.17) is 4.42 Å². The summed E-state index contributed by atoms with van der Waals surface area (Å²) in [5.74, 6) is 0.986. The Hall–Kier alpha value is -0.770. The highest BCUT2D eigenvalue weighted by molar-refractivity contribution is 9.10. The summed E-state index contributed by atoms with van der Waals surface area (Å²) >= 11 is 3.18. The lowest BCUT2D eigenvalue weighted by Gasteiger charge is -2.10. The van der Waals surface area contributed by atoms with Crippen LogP contribution in [0.15, 0.2) is 21.2 Å². The molecule has 0 radical (unpaired) electrons. The largest absolute Gasteiger partial charge is 0.444 e. The van der Waals surface area contributed by atoms with E-state index in [-0.39, 0.29) is 5.91 Å². The average Bonchev–Trinajstić information content (AvgIpc) is 2.75. The van der Waals surface area contributed by atoms with Crippen LogP contribution in [0.2, 0.25) is 0 Å². The third-order valence-corrected chi connectivity index (χ3v) is 3.25. The standard InChI is InChI=1S/C11H14BrNO2/c1-7-2-3-8(6-7)13-11(14)9-4-5-10(12)15-9/h4-5,7-8H,2-3,6H2,1H3,(H,13,14). The Kier molecular flexibility index (Phi) is 3.14. The number of halogens is 1. The molecule has 1 N–H and O–H groups in total. The second-order valence-corrected chi connectivity index (χ2v) is 4.97. The zero-order valence-electron chi connectivity index (χ0n) is 8.63. The van der Waals surface area contributed by atoms with E-state index in [0.29, 0.717) is 16.5 Å². The van der Waals surface area contributed by atoms with Crippen molar-refractivity contribution in [2.45, 2.75) is 32.2 Å². The Morgan fingerprint density at radius 3 is 2.87 bits per heavy atom. The van der Waals surface area contributed by atoms with Crippen LogP contribution in [-0.4, -0.2) is 11.9 Å². The maximum atomic E-state index is 11.7. The second kappa shape index (κ2) is 4.39. The summed E-state index contributed by atoms with van der Waals surface area (Å²) in [6, 6.07) is 3.72. The molecule has 0 aromatic carbocycles. The molecule has 1 aromatic heterocycles. The van der Waals surface area contributed by atoms with Gasteiger partial charge in [-0.3, -0.25) is 4.79 Å². The fourth-order valence-corrected chi connectivity index (χ4v) is 2.34. The van der Waals surface area contributed by atoms with Crippen LogP contribution in [0.4, 0.5) is 0 Å². The molecular weight excluding hydrogens is 258 g/mol. The molecule has 2 rings (SSSR count). The minimum atomic E-state index is -0.111. The summed E-state index contributed by atoms with van der Waals surface area (Å²) in [4.78, 5) is 11.7. The fourth-order valence-electron chi connectivity index (χ4n) is 2.03. The van der Waals surface area contributed by atoms with Gasteiger partial charge in [0, 0.05) is 6.04 Å². The predicted molar refractivity (Wildman–Crippen MR) is 60.7 cm³/mol. The van der Waals surface area contributed by atoms with E-state index < -0.39 is 0 Å². The molecule has 1 heterocycles. The average molecular weight is 272 g/mol. The van der Waals surface area contributed by atoms with Crippen LogP contribution in [0.1, 0.15) is 36.7 Å². The first-order valence-electron chi connectivity index (χ1n) is 5.21. The van der Waals surface area contributed by atoms with Crippen LogP contribution in [0, 0.1) is 5.92 Å². The maximum absolute atomic E-state index is 11.7. The van der Waals surface area contributed by atoms with Gasteiger partial charge in [0.15, 0.2) is 10.4 Å². The lowest BCUT2D eigenvalue weighted by Crippen LogP contribution is -2.32. The van der Waals surface area contributed by atoms with Gasteiger partial charge in [0.25, 0.3) is 5.91 Å². The molecule has 1 aromatic rings. The van der Waals surface area contributed by atoms with Crippen LogP contribution < -0.4 is 5.32 Å². The minimum absolute atomic E-state index is 0.111. The molecule has 2 unspecified atom stereocenters. The van der Waals surface area contributed by atoms with E-state index >= 15 is 0 Å². The number of nitrogens with one attached hydrogen (secondary N) is 1. The lowest BCUT2D eigenvalue weighted by atomic mass is 10.1. The molecule has 1 aliphatic carbocycles. The Morgan fingerprint density at radius 2 is 2.33 bits per heavy atom. The van der Waals surface area contributed by atoms with Gasteiger partial charge in [-0.2, -0.15) is 0 Å². The Balaban J connectivity index is 1.92. The first-order chi connectivity index (χ1) is 7.15. The van der Waals surface area contributed by atoms with Crippen LogP contribution >= 0.6 is 15.9 Å². The van der Waals surface area contributed by atoms with E-state index in [1.807, 2.05) is 0 Å². The van der Waals surface area contributed by atoms with Gasteiger partial charge >= 0.3 is 0 Å². The number of carbonyl (C=O) groups excluding carboxylic acids is 1. The summed E-state index contributed by atoms with van der Waals surface area (Å²) in [6.07, 6.45) is 3.36. The number of amides is 1. The molecule has 15 heavy (non-hydrogen) atoms. The topological polar surface area (TPSA) is 42.2 Å². The molecular formula is C11H14BrNO2. The first kappa shape index (κ1) is 10.7. The molecule has 3 nitrogen and oxygen atoms in total. The van der Waals surface area contributed by atoms with Gasteiger partial charge in [0.05, 0.1) is 0 Å². The van der Waals surface area contributed by atoms with Gasteiger partial charge in [0.1, 0.15) is 0 Å². The number of carbonyl (C=O) groups is 1. The number of hydrogen-bond donors (Lipinski definition) is 1. The molecule has 1 aliphatic rings. The zero-order valence-corrected chi connectivity index (χ0v) is 10.2. The molecule has 0 saturated heterocycles. The number of hydrogen-bond acceptors (Lipinski definition) is 2. The fraction of sp³-hybridized carbons (Fsp3) is 0.545. The summed E-state index contributed by atoms with van der Waals surface area (Å²) < 4.78 is 5.78. The molecule has 4 heteroatoms. The Morgan fingerprint density at radius 1 is 1.53 bits per heavy atom. The molecule has 0 aliphatic heterocycles. The number of rotatable bonds is 2. The van der Waals surface area contributed by atoms with Crippen molar-refractivity contribution in [3.05, 3.63) is 22.6 Å². The highest BCUT2D eigenvalue weighted by Gasteiger charge is 2.23. The highest BCUT2D eigenvalue weighted by atomic mass is 79.9. The SMILES string of the molecule is CC1CCC(NC(=O)c2ccc(Br)o2)C1. The molecule has 1 amide bonds. The monoisotopic (exact) mass is 271 g/mol. The van der Waals surface area contributed by atoms with Gasteiger partial charge in [-0.1, -0.05) is 6.92 Å². The third kappa shape index (κ3) is 2.62. The van der Waals surface area contributed by atoms with E-state index in [2.05, 4.69) is 28.2 Å². The molecule has 1 saturated carbocycles. The van der Waals surface area contributed by atoms with Crippen molar-refractivity contribution in [3.63, 3.8) is 0 Å². The molecule has 2 atom stereocenters. The van der Waals surface area contributed by atoms with Gasteiger partial charge in [-0.15, -0.1) is 0 Å². The minimum Gasteiger partial charge on any atom is -0.444 e. The van der Waals surface area contributed by atoms with Crippen LogP contribution in [0.3, 0.4) is 0 Å². The van der Waals surface area contributed by atoms with E-state index in [0.717, 1.165) is 18.8 Å². The third-order valence-electron chi connectivity index (χ3n) is 2.83. The summed E-state index contributed by atoms with van der Waals surface area (Å²) in [5.41, 5.74) is 0. The predicted octanol–water partition coefficient (Wildman–Crippen LogP) is 2.96. The summed E-state index contributed by atoms with van der Waals surface area (Å²) in [6.45, 7) is 2.22. The van der Waals surface area contributed by atoms with Crippen molar-refractivity contribution < 1.29 is 9.21 Å². The van der Waals surface area contributed by atoms with Crippen molar-refractivity contribution in [1.82, 2.24) is 5.32 Å². The van der Waals surface area contributed by atoms with Crippen LogP contribution in [-0.2, 0) is 0 Å². The zero-order chi connectivity index (χ0) is 10.8. The van der Waals surface area contributed by atoms with Crippen molar-refractivity contribution in [1.29, 1.82) is 0 Å². The molecule has 82 valence electrons. The van der Waals surface area contributed by atoms with E-state index in [1.165, 1.54) is 6.42 Å². The van der Waals surface area contributed by atoms with Gasteiger partial charge < -0.3 is 9.73 Å². The smallest absolute Gasteiger partial charge is 0.287 e. The van der Waals surface area contributed by atoms with Crippen LogP contribution in [0.25, 0.3) is 0 Å². The Bertz CT molecular complexity index is 361. The van der Waals surface area contributed by atoms with Crippen LogP contribution in [0.5, 0.6) is 0 Å². The van der Waals surface area contributed by atoms with E-state index in [9.17, 15) is 4.79 Å². The highest BCUT2D eigenvalue weighted by Crippen LogP contribution is 2.25. The lowest BCUT2D eigenvalue weighted by molar-refractivity contribution is 0.0908.